The van der Waals surface area contributed by atoms with Gasteiger partial charge in [0.1, 0.15) is 0 Å². The Morgan fingerprint density at radius 3 is 2.18 bits per heavy atom. The van der Waals surface area contributed by atoms with Gasteiger partial charge in [-0.05, 0) is 54.7 Å². The molecule has 6 atom stereocenters. The lowest BCUT2D eigenvalue weighted by atomic mass is 9.63. The zero-order valence-electron chi connectivity index (χ0n) is 12.2. The highest BCUT2D eigenvalue weighted by molar-refractivity contribution is 9.10. The number of aryl methyl sites for hydroxylation is 1. The van der Waals surface area contributed by atoms with E-state index < -0.39 is 0 Å². The molecule has 4 heteroatoms. The van der Waals surface area contributed by atoms with Gasteiger partial charge in [0.05, 0.1) is 17.5 Å². The zero-order chi connectivity index (χ0) is 15.2. The number of carbonyl (C=O) groups excluding carboxylic acids is 2. The first kappa shape index (κ1) is 13.1. The molecule has 2 saturated carbocycles. The maximum atomic E-state index is 13.0. The number of carbonyl (C=O) groups is 2. The van der Waals surface area contributed by atoms with Gasteiger partial charge in [0.2, 0.25) is 11.8 Å². The molecule has 0 N–H and O–H groups in total. The summed E-state index contributed by atoms with van der Waals surface area (Å²) in [7, 11) is 0. The minimum absolute atomic E-state index is 0.00968. The average molecular weight is 358 g/mol. The minimum Gasteiger partial charge on any atom is -0.274 e. The number of hydrogen-bond donors (Lipinski definition) is 0. The molecule has 2 bridgehead atoms. The molecule has 112 valence electrons. The van der Waals surface area contributed by atoms with Crippen LogP contribution in [0.3, 0.4) is 0 Å². The predicted octanol–water partition coefficient (Wildman–Crippen LogP) is 3.32. The molecule has 4 aliphatic carbocycles. The molecule has 1 aliphatic heterocycles. The Hall–Kier alpha value is -1.42. The fraction of sp³-hybridized carbons (Fsp3) is 0.444. The van der Waals surface area contributed by atoms with Gasteiger partial charge >= 0.3 is 0 Å². The molecule has 2 amide bonds. The first-order chi connectivity index (χ1) is 10.6. The van der Waals surface area contributed by atoms with Gasteiger partial charge in [-0.15, -0.1) is 0 Å². The van der Waals surface area contributed by atoms with E-state index in [-0.39, 0.29) is 35.5 Å². The first-order valence-corrected chi connectivity index (χ1v) is 8.69. The summed E-state index contributed by atoms with van der Waals surface area (Å²) in [6.45, 7) is 2.00. The molecule has 1 aromatic rings. The predicted molar refractivity (Wildman–Crippen MR) is 86.1 cm³/mol. The van der Waals surface area contributed by atoms with E-state index in [1.165, 1.54) is 11.3 Å². The Morgan fingerprint density at radius 2 is 1.64 bits per heavy atom. The third kappa shape index (κ3) is 1.47. The Bertz CT molecular complexity index is 719. The van der Waals surface area contributed by atoms with E-state index in [1.54, 1.807) is 0 Å². The summed E-state index contributed by atoms with van der Waals surface area (Å²) in [5, 5.41) is 0. The third-order valence-electron chi connectivity index (χ3n) is 6.08. The number of allylic oxidation sites excluding steroid dienone is 2. The molecular formula is C18H16BrNO2. The maximum Gasteiger partial charge on any atom is 0.238 e. The van der Waals surface area contributed by atoms with Gasteiger partial charge < -0.3 is 0 Å². The van der Waals surface area contributed by atoms with Crippen molar-refractivity contribution in [1.29, 1.82) is 0 Å². The van der Waals surface area contributed by atoms with Crippen LogP contribution in [0, 0.1) is 42.4 Å². The van der Waals surface area contributed by atoms with Crippen molar-refractivity contribution in [3.05, 3.63) is 40.4 Å². The van der Waals surface area contributed by atoms with Crippen LogP contribution in [0.4, 0.5) is 5.69 Å². The molecule has 0 unspecified atom stereocenters. The van der Waals surface area contributed by atoms with Gasteiger partial charge in [0, 0.05) is 4.47 Å². The summed E-state index contributed by atoms with van der Waals surface area (Å²) in [6, 6.07) is 5.72. The summed E-state index contributed by atoms with van der Waals surface area (Å²) in [4.78, 5) is 27.4. The molecule has 22 heavy (non-hydrogen) atoms. The number of amides is 2. The smallest absolute Gasteiger partial charge is 0.238 e. The van der Waals surface area contributed by atoms with Crippen LogP contribution < -0.4 is 4.90 Å². The number of benzene rings is 1. The fourth-order valence-electron chi connectivity index (χ4n) is 4.93. The molecule has 0 radical (unpaired) electrons. The SMILES string of the molecule is Cc1ccc(N2C(=O)[C@@H]3[C@H]4C=C[C@@H]([C@@H]5C[C@@H]45)[C@H]3C2=O)cc1Br. The second kappa shape index (κ2) is 4.10. The largest absolute Gasteiger partial charge is 0.274 e. The van der Waals surface area contributed by atoms with Crippen LogP contribution >= 0.6 is 15.9 Å². The van der Waals surface area contributed by atoms with Crippen molar-refractivity contribution >= 4 is 33.4 Å². The van der Waals surface area contributed by atoms with Crippen molar-refractivity contribution in [3.8, 4) is 0 Å². The lowest BCUT2D eigenvalue weighted by Crippen LogP contribution is -2.40. The van der Waals surface area contributed by atoms with Crippen LogP contribution in [-0.2, 0) is 9.59 Å². The van der Waals surface area contributed by atoms with Gasteiger partial charge in [-0.1, -0.05) is 34.1 Å². The molecule has 1 saturated heterocycles. The van der Waals surface area contributed by atoms with E-state index in [0.717, 1.165) is 10.0 Å². The minimum atomic E-state index is -0.119. The van der Waals surface area contributed by atoms with Crippen LogP contribution in [0.1, 0.15) is 12.0 Å². The number of anilines is 1. The van der Waals surface area contributed by atoms with Gasteiger partial charge in [-0.3, -0.25) is 9.59 Å². The molecule has 3 fully saturated rings. The maximum absolute atomic E-state index is 13.0. The van der Waals surface area contributed by atoms with E-state index in [2.05, 4.69) is 28.1 Å². The number of hydrogen-bond acceptors (Lipinski definition) is 2. The molecule has 6 rings (SSSR count). The molecule has 0 spiro atoms. The highest BCUT2D eigenvalue weighted by Crippen LogP contribution is 2.65. The quantitative estimate of drug-likeness (QED) is 0.571. The fourth-order valence-corrected chi connectivity index (χ4v) is 5.30. The summed E-state index contributed by atoms with van der Waals surface area (Å²) in [6.07, 6.45) is 5.62. The second-order valence-corrected chi connectivity index (χ2v) is 7.95. The van der Waals surface area contributed by atoms with Gasteiger partial charge in [-0.2, -0.15) is 0 Å². The van der Waals surface area contributed by atoms with Crippen LogP contribution in [0.25, 0.3) is 0 Å². The van der Waals surface area contributed by atoms with Crippen LogP contribution in [0.15, 0.2) is 34.8 Å². The van der Waals surface area contributed by atoms with Crippen LogP contribution in [0.5, 0.6) is 0 Å². The van der Waals surface area contributed by atoms with E-state index >= 15 is 0 Å². The van der Waals surface area contributed by atoms with Crippen molar-refractivity contribution in [2.75, 3.05) is 4.90 Å². The lowest BCUT2D eigenvalue weighted by molar-refractivity contribution is -0.124. The summed E-state index contributed by atoms with van der Waals surface area (Å²) in [5.41, 5.74) is 1.80. The standard InChI is InChI=1S/C18H16BrNO2/c1-8-2-3-9(6-14(8)19)20-17(21)15-10-4-5-11(13-7-12(10)13)16(15)18(20)22/h2-6,10-13,15-16H,7H2,1H3/t10-,11-,12-,13-,15+,16+/m0/s1. The zero-order valence-corrected chi connectivity index (χ0v) is 13.8. The molecule has 1 aromatic carbocycles. The normalized spacial score (nSPS) is 40.9. The van der Waals surface area contributed by atoms with E-state index in [0.29, 0.717) is 17.5 Å². The van der Waals surface area contributed by atoms with E-state index in [4.69, 9.17) is 0 Å². The van der Waals surface area contributed by atoms with Crippen molar-refractivity contribution < 1.29 is 9.59 Å². The molecule has 3 nitrogen and oxygen atoms in total. The molecule has 1 heterocycles. The third-order valence-corrected chi connectivity index (χ3v) is 6.93. The molecule has 0 aromatic heterocycles. The number of nitrogens with zero attached hydrogens (tertiary/aromatic N) is 1. The highest BCUT2D eigenvalue weighted by atomic mass is 79.9. The average Bonchev–Trinajstić information content (AvgIpc) is 3.28. The lowest BCUT2D eigenvalue weighted by Gasteiger charge is -2.37. The van der Waals surface area contributed by atoms with Gasteiger partial charge in [-0.25, -0.2) is 4.90 Å². The summed E-state index contributed by atoms with van der Waals surface area (Å²) < 4.78 is 0.935. The Kier molecular flexibility index (Phi) is 2.44. The Labute approximate surface area is 137 Å². The summed E-state index contributed by atoms with van der Waals surface area (Å²) >= 11 is 3.50. The number of halogens is 1. The van der Waals surface area contributed by atoms with Gasteiger partial charge in [0.25, 0.3) is 0 Å². The second-order valence-electron chi connectivity index (χ2n) is 7.10. The van der Waals surface area contributed by atoms with Crippen molar-refractivity contribution in [2.45, 2.75) is 13.3 Å². The number of rotatable bonds is 1. The Balaban J connectivity index is 1.58. The van der Waals surface area contributed by atoms with E-state index in [9.17, 15) is 9.59 Å². The number of imide groups is 1. The van der Waals surface area contributed by atoms with Crippen LogP contribution in [-0.4, -0.2) is 11.8 Å². The summed E-state index contributed by atoms with van der Waals surface area (Å²) in [5.74, 6) is 1.66. The first-order valence-electron chi connectivity index (χ1n) is 7.90. The highest BCUT2D eigenvalue weighted by Gasteiger charge is 2.67. The monoisotopic (exact) mass is 357 g/mol. The topological polar surface area (TPSA) is 37.4 Å². The van der Waals surface area contributed by atoms with E-state index in [1.807, 2.05) is 25.1 Å². The molecular weight excluding hydrogens is 342 g/mol. The van der Waals surface area contributed by atoms with Crippen molar-refractivity contribution in [1.82, 2.24) is 0 Å². The Morgan fingerprint density at radius 1 is 1.05 bits per heavy atom. The van der Waals surface area contributed by atoms with Gasteiger partial charge in [0.15, 0.2) is 0 Å². The van der Waals surface area contributed by atoms with Crippen molar-refractivity contribution in [2.24, 2.45) is 35.5 Å². The van der Waals surface area contributed by atoms with Crippen molar-refractivity contribution in [3.63, 3.8) is 0 Å². The van der Waals surface area contributed by atoms with Crippen LogP contribution in [0.2, 0.25) is 0 Å². The molecule has 5 aliphatic rings.